The van der Waals surface area contributed by atoms with E-state index < -0.39 is 0 Å². The molecule has 1 aromatic carbocycles. The molecule has 0 saturated heterocycles. The van der Waals surface area contributed by atoms with E-state index in [1.54, 1.807) is 11.8 Å². The molecular formula is C22H30O3S2. The Balaban J connectivity index is 1.91. The first-order valence-corrected chi connectivity index (χ1v) is 11.5. The van der Waals surface area contributed by atoms with Crippen molar-refractivity contribution in [2.24, 2.45) is 0 Å². The normalized spacial score (nSPS) is 12.1. The number of benzene rings is 1. The van der Waals surface area contributed by atoms with E-state index >= 15 is 0 Å². The maximum atomic E-state index is 11.5. The molecule has 148 valence electrons. The molecule has 1 atom stereocenters. The zero-order chi connectivity index (χ0) is 19.8. The van der Waals surface area contributed by atoms with Crippen LogP contribution in [0.2, 0.25) is 0 Å². The van der Waals surface area contributed by atoms with Gasteiger partial charge in [0.1, 0.15) is 5.75 Å². The summed E-state index contributed by atoms with van der Waals surface area (Å²) in [5.74, 6) is 2.02. The molecule has 0 fully saturated rings. The van der Waals surface area contributed by atoms with Crippen molar-refractivity contribution in [1.29, 1.82) is 0 Å². The van der Waals surface area contributed by atoms with Crippen LogP contribution in [0.15, 0.2) is 24.3 Å². The number of hydrogen-bond acceptors (Lipinski definition) is 5. The van der Waals surface area contributed by atoms with Crippen molar-refractivity contribution in [2.75, 3.05) is 12.4 Å². The van der Waals surface area contributed by atoms with E-state index in [-0.39, 0.29) is 5.97 Å². The number of aryl methyl sites for hydroxylation is 3. The van der Waals surface area contributed by atoms with Crippen molar-refractivity contribution >= 4 is 29.1 Å². The number of carbonyl (C=O) groups is 1. The molecule has 2 aromatic rings. The van der Waals surface area contributed by atoms with E-state index in [1.807, 2.05) is 37.3 Å². The van der Waals surface area contributed by atoms with Gasteiger partial charge in [-0.2, -0.15) is 0 Å². The number of aromatic hydroxyl groups is 1. The number of phenolic OH excluding ortho intramolecular Hbond substituents is 1. The summed E-state index contributed by atoms with van der Waals surface area (Å²) in [6.45, 7) is 8.61. The Morgan fingerprint density at radius 1 is 1.22 bits per heavy atom. The predicted octanol–water partition coefficient (Wildman–Crippen LogP) is 5.99. The van der Waals surface area contributed by atoms with E-state index in [0.29, 0.717) is 24.0 Å². The number of esters is 1. The first-order valence-electron chi connectivity index (χ1n) is 9.55. The van der Waals surface area contributed by atoms with E-state index in [2.05, 4.69) is 26.0 Å². The van der Waals surface area contributed by atoms with Crippen LogP contribution in [0.5, 0.6) is 5.75 Å². The van der Waals surface area contributed by atoms with Gasteiger partial charge in [-0.1, -0.05) is 19.1 Å². The summed E-state index contributed by atoms with van der Waals surface area (Å²) >= 11 is 3.49. The van der Waals surface area contributed by atoms with Crippen molar-refractivity contribution < 1.29 is 14.6 Å². The van der Waals surface area contributed by atoms with Gasteiger partial charge in [-0.25, -0.2) is 0 Å². The predicted molar refractivity (Wildman–Crippen MR) is 116 cm³/mol. The highest BCUT2D eigenvalue weighted by Crippen LogP contribution is 2.32. The quantitative estimate of drug-likeness (QED) is 0.492. The fourth-order valence-corrected chi connectivity index (χ4v) is 5.38. The van der Waals surface area contributed by atoms with Crippen LogP contribution in [-0.4, -0.2) is 23.4 Å². The van der Waals surface area contributed by atoms with Crippen molar-refractivity contribution in [3.63, 3.8) is 0 Å². The van der Waals surface area contributed by atoms with Crippen LogP contribution < -0.4 is 0 Å². The molecule has 1 aromatic heterocycles. The minimum Gasteiger partial charge on any atom is -0.508 e. The van der Waals surface area contributed by atoms with Crippen molar-refractivity contribution in [2.45, 2.75) is 58.6 Å². The standard InChI is InChI=1S/C22H30O3S2/c1-5-17(18-8-10-20(23)15(3)11-18)7-9-19-12-16(4)21(27-19)13-26-14-22(24)25-6-2/h8,10-12,17,23H,5-7,9,13-14H2,1-4H3. The Labute approximate surface area is 171 Å². The smallest absolute Gasteiger partial charge is 0.315 e. The Morgan fingerprint density at radius 2 is 2.00 bits per heavy atom. The van der Waals surface area contributed by atoms with Crippen molar-refractivity contribution in [1.82, 2.24) is 0 Å². The van der Waals surface area contributed by atoms with Gasteiger partial charge in [0.05, 0.1) is 12.4 Å². The Bertz CT molecular complexity index is 752. The molecule has 0 radical (unpaired) electrons. The number of phenols is 1. The minimum absolute atomic E-state index is 0.132. The summed E-state index contributed by atoms with van der Waals surface area (Å²) < 4.78 is 4.98. The summed E-state index contributed by atoms with van der Waals surface area (Å²) in [6.07, 6.45) is 3.26. The SMILES string of the molecule is CCOC(=O)CSCc1sc(CCC(CC)c2ccc(O)c(C)c2)cc1C. The molecule has 2 rings (SSSR count). The third-order valence-corrected chi connectivity index (χ3v) is 7.17. The molecule has 0 aliphatic rings. The Hall–Kier alpha value is -1.46. The number of ether oxygens (including phenoxy) is 1. The summed E-state index contributed by atoms with van der Waals surface area (Å²) in [7, 11) is 0. The lowest BCUT2D eigenvalue weighted by Crippen LogP contribution is -2.06. The minimum atomic E-state index is -0.132. The summed E-state index contributed by atoms with van der Waals surface area (Å²) in [5, 5.41) is 9.75. The third-order valence-electron chi connectivity index (χ3n) is 4.75. The van der Waals surface area contributed by atoms with Crippen LogP contribution in [0.1, 0.15) is 59.1 Å². The van der Waals surface area contributed by atoms with E-state index in [9.17, 15) is 9.90 Å². The van der Waals surface area contributed by atoms with Crippen LogP contribution in [0.3, 0.4) is 0 Å². The van der Waals surface area contributed by atoms with Gasteiger partial charge in [-0.3, -0.25) is 4.79 Å². The molecule has 0 aliphatic carbocycles. The second-order valence-corrected chi connectivity index (χ2v) is 9.01. The van der Waals surface area contributed by atoms with E-state index in [0.717, 1.165) is 30.6 Å². The maximum absolute atomic E-state index is 11.5. The molecule has 3 nitrogen and oxygen atoms in total. The van der Waals surface area contributed by atoms with Gasteiger partial charge in [0.15, 0.2) is 0 Å². The third kappa shape index (κ3) is 6.58. The number of thiophene rings is 1. The van der Waals surface area contributed by atoms with Crippen LogP contribution in [0, 0.1) is 13.8 Å². The van der Waals surface area contributed by atoms with Crippen LogP contribution in [0.25, 0.3) is 0 Å². The number of rotatable bonds is 10. The van der Waals surface area contributed by atoms with Gasteiger partial charge < -0.3 is 9.84 Å². The molecule has 1 N–H and O–H groups in total. The lowest BCUT2D eigenvalue weighted by molar-refractivity contribution is -0.139. The summed E-state index contributed by atoms with van der Waals surface area (Å²) in [5.41, 5.74) is 3.57. The second-order valence-electron chi connectivity index (χ2n) is 6.81. The Morgan fingerprint density at radius 3 is 2.67 bits per heavy atom. The number of thioether (sulfide) groups is 1. The molecule has 0 aliphatic heterocycles. The summed E-state index contributed by atoms with van der Waals surface area (Å²) in [4.78, 5) is 14.2. The van der Waals surface area contributed by atoms with Crippen LogP contribution in [0.4, 0.5) is 0 Å². The highest BCUT2D eigenvalue weighted by Gasteiger charge is 2.13. The molecular weight excluding hydrogens is 376 g/mol. The highest BCUT2D eigenvalue weighted by molar-refractivity contribution is 7.99. The van der Waals surface area contributed by atoms with Crippen molar-refractivity contribution in [3.05, 3.63) is 50.7 Å². The molecule has 0 amide bonds. The number of hydrogen-bond donors (Lipinski definition) is 1. The zero-order valence-corrected chi connectivity index (χ0v) is 18.3. The molecule has 0 bridgehead atoms. The molecule has 1 unspecified atom stereocenters. The van der Waals surface area contributed by atoms with Gasteiger partial charge >= 0.3 is 5.97 Å². The largest absolute Gasteiger partial charge is 0.508 e. The topological polar surface area (TPSA) is 46.5 Å². The molecule has 5 heteroatoms. The molecule has 27 heavy (non-hydrogen) atoms. The van der Waals surface area contributed by atoms with E-state index in [1.165, 1.54) is 20.9 Å². The molecule has 0 spiro atoms. The van der Waals surface area contributed by atoms with Crippen LogP contribution >= 0.6 is 23.1 Å². The highest BCUT2D eigenvalue weighted by atomic mass is 32.2. The lowest BCUT2D eigenvalue weighted by atomic mass is 9.90. The first-order chi connectivity index (χ1) is 12.9. The van der Waals surface area contributed by atoms with Gasteiger partial charge in [-0.05, 0) is 74.8 Å². The Kier molecular flexibility index (Phi) is 8.71. The summed E-state index contributed by atoms with van der Waals surface area (Å²) in [6, 6.07) is 8.26. The first kappa shape index (κ1) is 21.8. The number of carbonyl (C=O) groups excluding carboxylic acids is 1. The van der Waals surface area contributed by atoms with Gasteiger partial charge in [-0.15, -0.1) is 23.1 Å². The zero-order valence-electron chi connectivity index (χ0n) is 16.7. The second kappa shape index (κ2) is 10.8. The van der Waals surface area contributed by atoms with Gasteiger partial charge in [0.2, 0.25) is 0 Å². The van der Waals surface area contributed by atoms with Gasteiger partial charge in [0, 0.05) is 15.5 Å². The fraction of sp³-hybridized carbons (Fsp3) is 0.500. The van der Waals surface area contributed by atoms with Crippen LogP contribution in [-0.2, 0) is 21.7 Å². The molecule has 1 heterocycles. The van der Waals surface area contributed by atoms with Crippen molar-refractivity contribution in [3.8, 4) is 5.75 Å². The maximum Gasteiger partial charge on any atom is 0.315 e. The van der Waals surface area contributed by atoms with E-state index in [4.69, 9.17) is 4.74 Å². The fourth-order valence-electron chi connectivity index (χ4n) is 3.14. The lowest BCUT2D eigenvalue weighted by Gasteiger charge is -2.16. The van der Waals surface area contributed by atoms with Gasteiger partial charge in [0.25, 0.3) is 0 Å². The average Bonchev–Trinajstić information content (AvgIpc) is 2.98. The molecule has 0 saturated carbocycles. The average molecular weight is 407 g/mol. The monoisotopic (exact) mass is 406 g/mol.